The number of aromatic nitrogens is 2. The Labute approximate surface area is 94.5 Å². The van der Waals surface area contributed by atoms with Crippen molar-refractivity contribution in [1.29, 1.82) is 0 Å². The summed E-state index contributed by atoms with van der Waals surface area (Å²) in [7, 11) is 1.80. The van der Waals surface area contributed by atoms with Crippen molar-refractivity contribution in [3.8, 4) is 0 Å². The fourth-order valence-electron chi connectivity index (χ4n) is 1.41. The van der Waals surface area contributed by atoms with Crippen LogP contribution in [0.5, 0.6) is 0 Å². The van der Waals surface area contributed by atoms with Crippen LogP contribution in [0.15, 0.2) is 6.58 Å². The molecule has 0 aliphatic rings. The van der Waals surface area contributed by atoms with Crippen molar-refractivity contribution in [1.82, 2.24) is 9.97 Å². The summed E-state index contributed by atoms with van der Waals surface area (Å²) in [5.74, 6) is -0.621. The smallest absolute Gasteiger partial charge is 0.356 e. The lowest BCUT2D eigenvalue weighted by Gasteiger charge is -2.20. The van der Waals surface area contributed by atoms with Crippen molar-refractivity contribution in [2.75, 3.05) is 18.5 Å². The second kappa shape index (κ2) is 4.74. The molecule has 0 atom stereocenters. The third-order valence-corrected chi connectivity index (χ3v) is 2.27. The SMILES string of the molecule is C=Cc1nc(C)nc(C(=O)O)c1N(C)CC. The molecule has 0 spiro atoms. The lowest BCUT2D eigenvalue weighted by molar-refractivity contribution is 0.0690. The van der Waals surface area contributed by atoms with Crippen LogP contribution in [-0.2, 0) is 0 Å². The zero-order valence-electron chi connectivity index (χ0n) is 9.69. The standard InChI is InChI=1S/C11H15N3O2/c1-5-8-10(14(4)6-2)9(11(15)16)13-7(3)12-8/h5H,1,6H2,2-4H3,(H,15,16). The van der Waals surface area contributed by atoms with Gasteiger partial charge in [0.05, 0.1) is 11.4 Å². The highest BCUT2D eigenvalue weighted by atomic mass is 16.4. The van der Waals surface area contributed by atoms with Gasteiger partial charge in [0.1, 0.15) is 5.82 Å². The van der Waals surface area contributed by atoms with Gasteiger partial charge in [0.15, 0.2) is 5.69 Å². The van der Waals surface area contributed by atoms with Crippen LogP contribution in [0.4, 0.5) is 5.69 Å². The number of rotatable bonds is 4. The topological polar surface area (TPSA) is 66.3 Å². The summed E-state index contributed by atoms with van der Waals surface area (Å²) < 4.78 is 0. The Bertz CT molecular complexity index is 429. The zero-order chi connectivity index (χ0) is 12.3. The average Bonchev–Trinajstić information content (AvgIpc) is 2.26. The monoisotopic (exact) mass is 221 g/mol. The molecule has 0 bridgehead atoms. The average molecular weight is 221 g/mol. The number of hydrogen-bond donors (Lipinski definition) is 1. The molecule has 0 aromatic carbocycles. The Balaban J connectivity index is 3.50. The van der Waals surface area contributed by atoms with Crippen LogP contribution >= 0.6 is 0 Å². The molecule has 0 amide bonds. The molecule has 5 heteroatoms. The first kappa shape index (κ1) is 12.2. The lowest BCUT2D eigenvalue weighted by atomic mass is 10.2. The highest BCUT2D eigenvalue weighted by molar-refractivity contribution is 5.94. The molecule has 0 aliphatic carbocycles. The predicted octanol–water partition coefficient (Wildman–Crippen LogP) is 1.58. The van der Waals surface area contributed by atoms with Crippen LogP contribution in [0.2, 0.25) is 0 Å². The third-order valence-electron chi connectivity index (χ3n) is 2.27. The van der Waals surface area contributed by atoms with Gasteiger partial charge in [-0.2, -0.15) is 0 Å². The second-order valence-electron chi connectivity index (χ2n) is 3.38. The molecule has 1 N–H and O–H groups in total. The van der Waals surface area contributed by atoms with E-state index >= 15 is 0 Å². The van der Waals surface area contributed by atoms with Crippen LogP contribution in [0, 0.1) is 6.92 Å². The summed E-state index contributed by atoms with van der Waals surface area (Å²) in [6, 6.07) is 0. The highest BCUT2D eigenvalue weighted by Crippen LogP contribution is 2.23. The van der Waals surface area contributed by atoms with Gasteiger partial charge in [-0.25, -0.2) is 14.8 Å². The van der Waals surface area contributed by atoms with Gasteiger partial charge in [0.25, 0.3) is 0 Å². The number of hydrogen-bond acceptors (Lipinski definition) is 4. The Morgan fingerprint density at radius 3 is 2.62 bits per heavy atom. The van der Waals surface area contributed by atoms with Crippen LogP contribution in [0.1, 0.15) is 28.9 Å². The van der Waals surface area contributed by atoms with E-state index in [2.05, 4.69) is 16.5 Å². The number of carbonyl (C=O) groups is 1. The maximum absolute atomic E-state index is 11.1. The van der Waals surface area contributed by atoms with Crippen molar-refractivity contribution in [3.63, 3.8) is 0 Å². The Morgan fingerprint density at radius 2 is 2.19 bits per heavy atom. The fourth-order valence-corrected chi connectivity index (χ4v) is 1.41. The molecule has 16 heavy (non-hydrogen) atoms. The summed E-state index contributed by atoms with van der Waals surface area (Å²) in [5.41, 5.74) is 1.08. The van der Waals surface area contributed by atoms with Gasteiger partial charge in [-0.3, -0.25) is 0 Å². The number of anilines is 1. The molecule has 1 heterocycles. The van der Waals surface area contributed by atoms with Gasteiger partial charge in [0, 0.05) is 13.6 Å². The summed E-state index contributed by atoms with van der Waals surface area (Å²) in [6.07, 6.45) is 1.54. The quantitative estimate of drug-likeness (QED) is 0.836. The predicted molar refractivity (Wildman–Crippen MR) is 62.8 cm³/mol. The minimum Gasteiger partial charge on any atom is -0.476 e. The summed E-state index contributed by atoms with van der Waals surface area (Å²) in [6.45, 7) is 7.90. The van der Waals surface area contributed by atoms with E-state index in [-0.39, 0.29) is 5.69 Å². The van der Waals surface area contributed by atoms with E-state index < -0.39 is 5.97 Å². The first-order valence-corrected chi connectivity index (χ1v) is 4.96. The van der Waals surface area contributed by atoms with Crippen LogP contribution in [-0.4, -0.2) is 34.6 Å². The number of aromatic carboxylic acids is 1. The van der Waals surface area contributed by atoms with Gasteiger partial charge in [-0.1, -0.05) is 6.58 Å². The first-order chi connectivity index (χ1) is 7.51. The zero-order valence-corrected chi connectivity index (χ0v) is 9.69. The summed E-state index contributed by atoms with van der Waals surface area (Å²) in [4.78, 5) is 21.0. The Hall–Kier alpha value is -1.91. The largest absolute Gasteiger partial charge is 0.476 e. The molecule has 5 nitrogen and oxygen atoms in total. The molecule has 0 radical (unpaired) electrons. The number of nitrogens with zero attached hydrogens (tertiary/aromatic N) is 3. The molecular formula is C11H15N3O2. The molecule has 0 aliphatic heterocycles. The maximum atomic E-state index is 11.1. The van der Waals surface area contributed by atoms with Crippen LogP contribution in [0.25, 0.3) is 6.08 Å². The molecule has 86 valence electrons. The maximum Gasteiger partial charge on any atom is 0.356 e. The minimum atomic E-state index is -1.05. The van der Waals surface area contributed by atoms with Gasteiger partial charge in [-0.05, 0) is 19.9 Å². The van der Waals surface area contributed by atoms with Gasteiger partial charge in [0.2, 0.25) is 0 Å². The van der Waals surface area contributed by atoms with E-state index in [1.807, 2.05) is 6.92 Å². The van der Waals surface area contributed by atoms with E-state index in [0.29, 0.717) is 23.8 Å². The van der Waals surface area contributed by atoms with E-state index in [1.165, 1.54) is 0 Å². The third kappa shape index (κ3) is 2.18. The summed E-state index contributed by atoms with van der Waals surface area (Å²) in [5, 5.41) is 9.10. The van der Waals surface area contributed by atoms with Crippen molar-refractivity contribution in [2.45, 2.75) is 13.8 Å². The van der Waals surface area contributed by atoms with Gasteiger partial charge < -0.3 is 10.0 Å². The second-order valence-corrected chi connectivity index (χ2v) is 3.38. The molecule has 0 unspecified atom stereocenters. The number of aryl methyl sites for hydroxylation is 1. The normalized spacial score (nSPS) is 9.94. The van der Waals surface area contributed by atoms with E-state index in [4.69, 9.17) is 5.11 Å². The van der Waals surface area contributed by atoms with Gasteiger partial charge >= 0.3 is 5.97 Å². The number of carboxylic acids is 1. The Kier molecular flexibility index (Phi) is 3.60. The summed E-state index contributed by atoms with van der Waals surface area (Å²) >= 11 is 0. The van der Waals surface area contributed by atoms with E-state index in [0.717, 1.165) is 0 Å². The van der Waals surface area contributed by atoms with Crippen molar-refractivity contribution in [3.05, 3.63) is 23.8 Å². The molecular weight excluding hydrogens is 206 g/mol. The molecule has 0 saturated heterocycles. The van der Waals surface area contributed by atoms with E-state index in [9.17, 15) is 4.79 Å². The molecule has 1 aromatic heterocycles. The van der Waals surface area contributed by atoms with Crippen molar-refractivity contribution in [2.24, 2.45) is 0 Å². The van der Waals surface area contributed by atoms with Crippen LogP contribution < -0.4 is 4.90 Å². The van der Waals surface area contributed by atoms with E-state index in [1.54, 1.807) is 24.9 Å². The molecule has 1 aromatic rings. The van der Waals surface area contributed by atoms with Crippen molar-refractivity contribution >= 4 is 17.7 Å². The minimum absolute atomic E-state index is 0.0201. The first-order valence-electron chi connectivity index (χ1n) is 4.96. The highest BCUT2D eigenvalue weighted by Gasteiger charge is 2.19. The molecule has 0 saturated carbocycles. The lowest BCUT2D eigenvalue weighted by Crippen LogP contribution is -2.22. The van der Waals surface area contributed by atoms with Crippen molar-refractivity contribution < 1.29 is 9.90 Å². The molecule has 0 fully saturated rings. The molecule has 1 rings (SSSR count). The van der Waals surface area contributed by atoms with Crippen LogP contribution in [0.3, 0.4) is 0 Å². The number of carboxylic acid groups (broad SMARTS) is 1. The Morgan fingerprint density at radius 1 is 1.56 bits per heavy atom. The fraction of sp³-hybridized carbons (Fsp3) is 0.364. The van der Waals surface area contributed by atoms with Gasteiger partial charge in [-0.15, -0.1) is 0 Å².